The number of aromatic carboxylic acids is 1. The Morgan fingerprint density at radius 1 is 0.903 bits per heavy atom. The second-order valence-corrected chi connectivity index (χ2v) is 8.10. The van der Waals surface area contributed by atoms with Gasteiger partial charge >= 0.3 is 5.97 Å². The number of aryl methyl sites for hydroxylation is 1. The third-order valence-corrected chi connectivity index (χ3v) is 5.49. The van der Waals surface area contributed by atoms with E-state index in [2.05, 4.69) is 16.0 Å². The number of hydrogen-bond acceptors (Lipinski definition) is 4. The highest BCUT2D eigenvalue weighted by Gasteiger charge is 2.10. The van der Waals surface area contributed by atoms with E-state index in [0.29, 0.717) is 10.8 Å². The molecule has 0 aliphatic carbocycles. The number of amides is 1. The Kier molecular flexibility index (Phi) is 7.64. The van der Waals surface area contributed by atoms with Gasteiger partial charge in [-0.25, -0.2) is 4.79 Å². The Labute approximate surface area is 190 Å². The van der Waals surface area contributed by atoms with Crippen molar-refractivity contribution < 1.29 is 14.7 Å². The number of carbonyl (C=O) groups excluding carboxylic acids is 1. The smallest absolute Gasteiger partial charge is 0.335 e. The Morgan fingerprint density at radius 3 is 2.19 bits per heavy atom. The lowest BCUT2D eigenvalue weighted by molar-refractivity contribution is -0.113. The maximum atomic E-state index is 12.3. The van der Waals surface area contributed by atoms with Crippen molar-refractivity contribution in [2.24, 2.45) is 0 Å². The molecule has 0 heterocycles. The molecule has 0 aromatic heterocycles. The Balaban J connectivity index is 1.50. The number of thiocarbonyl (C=S) groups is 1. The predicted octanol–water partition coefficient (Wildman–Crippen LogP) is 5.23. The molecular weight excluding hydrogens is 430 g/mol. The molecule has 3 aromatic rings. The molecule has 6 nitrogen and oxygen atoms in total. The van der Waals surface area contributed by atoms with E-state index in [1.807, 2.05) is 61.5 Å². The summed E-state index contributed by atoms with van der Waals surface area (Å²) in [5, 5.41) is 18.6. The molecule has 0 saturated carbocycles. The van der Waals surface area contributed by atoms with Crippen molar-refractivity contribution in [3.8, 4) is 0 Å². The highest BCUT2D eigenvalue weighted by molar-refractivity contribution is 8.00. The maximum Gasteiger partial charge on any atom is 0.335 e. The maximum absolute atomic E-state index is 12.3. The molecule has 1 amide bonds. The van der Waals surface area contributed by atoms with Gasteiger partial charge in [-0.15, -0.1) is 11.8 Å². The van der Waals surface area contributed by atoms with Gasteiger partial charge in [0.05, 0.1) is 11.3 Å². The summed E-state index contributed by atoms with van der Waals surface area (Å²) in [6.45, 7) is 1.82. The van der Waals surface area contributed by atoms with E-state index in [0.717, 1.165) is 21.8 Å². The van der Waals surface area contributed by atoms with Crippen LogP contribution in [-0.2, 0) is 4.79 Å². The molecule has 0 unspecified atom stereocenters. The lowest BCUT2D eigenvalue weighted by Crippen LogP contribution is -2.18. The quantitative estimate of drug-likeness (QED) is 0.289. The van der Waals surface area contributed by atoms with Gasteiger partial charge in [-0.3, -0.25) is 4.79 Å². The van der Waals surface area contributed by atoms with Crippen molar-refractivity contribution in [3.05, 3.63) is 83.9 Å². The molecular formula is C23H21N3O3S2. The summed E-state index contributed by atoms with van der Waals surface area (Å²) in [4.78, 5) is 24.3. The number of rotatable bonds is 7. The lowest BCUT2D eigenvalue weighted by Gasteiger charge is -2.11. The van der Waals surface area contributed by atoms with E-state index < -0.39 is 5.97 Å². The number of benzene rings is 3. The Hall–Kier alpha value is -3.36. The molecule has 31 heavy (non-hydrogen) atoms. The van der Waals surface area contributed by atoms with Crippen molar-refractivity contribution in [2.45, 2.75) is 11.8 Å². The molecule has 158 valence electrons. The van der Waals surface area contributed by atoms with Crippen LogP contribution in [0.1, 0.15) is 15.9 Å². The summed E-state index contributed by atoms with van der Waals surface area (Å²) in [5.74, 6) is -1.03. The summed E-state index contributed by atoms with van der Waals surface area (Å²) in [6.07, 6.45) is 0. The molecule has 0 atom stereocenters. The number of carboxylic acid groups (broad SMARTS) is 1. The van der Waals surface area contributed by atoms with Crippen LogP contribution in [0.25, 0.3) is 0 Å². The zero-order chi connectivity index (χ0) is 22.2. The number of carboxylic acids is 1. The minimum Gasteiger partial charge on any atom is -0.478 e. The van der Waals surface area contributed by atoms with Gasteiger partial charge in [-0.2, -0.15) is 0 Å². The van der Waals surface area contributed by atoms with Crippen molar-refractivity contribution in [3.63, 3.8) is 0 Å². The van der Waals surface area contributed by atoms with Crippen molar-refractivity contribution >= 4 is 58.0 Å². The van der Waals surface area contributed by atoms with Gasteiger partial charge in [0.1, 0.15) is 0 Å². The summed E-state index contributed by atoms with van der Waals surface area (Å²) >= 11 is 6.71. The van der Waals surface area contributed by atoms with E-state index >= 15 is 0 Å². The summed E-state index contributed by atoms with van der Waals surface area (Å²) < 4.78 is 0. The van der Waals surface area contributed by atoms with Crippen LogP contribution in [0.15, 0.2) is 77.7 Å². The van der Waals surface area contributed by atoms with Crippen molar-refractivity contribution in [2.75, 3.05) is 21.7 Å². The molecule has 3 aromatic carbocycles. The zero-order valence-corrected chi connectivity index (χ0v) is 18.3. The van der Waals surface area contributed by atoms with Crippen LogP contribution in [0.5, 0.6) is 0 Å². The second kappa shape index (κ2) is 10.6. The fourth-order valence-corrected chi connectivity index (χ4v) is 3.61. The van der Waals surface area contributed by atoms with Crippen LogP contribution in [0.3, 0.4) is 0 Å². The number of nitrogens with one attached hydrogen (secondary N) is 3. The fraction of sp³-hybridized carbons (Fsp3) is 0.0870. The van der Waals surface area contributed by atoms with Gasteiger partial charge in [0.2, 0.25) is 5.91 Å². The van der Waals surface area contributed by atoms with Crippen LogP contribution in [0.2, 0.25) is 0 Å². The highest BCUT2D eigenvalue weighted by atomic mass is 32.2. The largest absolute Gasteiger partial charge is 0.478 e. The first-order valence-electron chi connectivity index (χ1n) is 9.40. The molecule has 0 saturated heterocycles. The fourth-order valence-electron chi connectivity index (χ4n) is 2.67. The number of hydrogen-bond donors (Lipinski definition) is 4. The molecule has 0 aliphatic rings. The summed E-state index contributed by atoms with van der Waals surface area (Å²) in [7, 11) is 0. The third kappa shape index (κ3) is 6.84. The monoisotopic (exact) mass is 451 g/mol. The van der Waals surface area contributed by atoms with Crippen molar-refractivity contribution in [1.29, 1.82) is 0 Å². The van der Waals surface area contributed by atoms with Crippen LogP contribution >= 0.6 is 24.0 Å². The normalized spacial score (nSPS) is 10.2. The van der Waals surface area contributed by atoms with Gasteiger partial charge in [-0.1, -0.05) is 24.3 Å². The number of anilines is 3. The van der Waals surface area contributed by atoms with E-state index in [-0.39, 0.29) is 17.2 Å². The Morgan fingerprint density at radius 2 is 1.55 bits per heavy atom. The average molecular weight is 452 g/mol. The summed E-state index contributed by atoms with van der Waals surface area (Å²) in [6, 6.07) is 21.9. The minimum absolute atomic E-state index is 0.135. The first-order chi connectivity index (χ1) is 14.9. The second-order valence-electron chi connectivity index (χ2n) is 6.64. The highest BCUT2D eigenvalue weighted by Crippen LogP contribution is 2.22. The van der Waals surface area contributed by atoms with Gasteiger partial charge in [0.15, 0.2) is 5.11 Å². The average Bonchev–Trinajstić information content (AvgIpc) is 2.75. The number of para-hydroxylation sites is 1. The molecule has 0 spiro atoms. The Bertz CT molecular complexity index is 1090. The standard InChI is InChI=1S/C23H21N3O3S2/c1-15-7-8-16(22(28)29)13-20(15)26-21(27)14-31-19-11-9-18(10-12-19)25-23(30)24-17-5-3-2-4-6-17/h2-13H,14H2,1H3,(H,26,27)(H,28,29)(H2,24,25,30). The first kappa shape index (κ1) is 22.3. The van der Waals surface area contributed by atoms with Crippen LogP contribution in [0, 0.1) is 6.92 Å². The molecule has 3 rings (SSSR count). The van der Waals surface area contributed by atoms with Crippen LogP contribution in [-0.4, -0.2) is 27.8 Å². The predicted molar refractivity (Wildman–Crippen MR) is 130 cm³/mol. The van der Waals surface area contributed by atoms with E-state index in [9.17, 15) is 9.59 Å². The van der Waals surface area contributed by atoms with Gasteiger partial charge in [0, 0.05) is 22.0 Å². The SMILES string of the molecule is Cc1ccc(C(=O)O)cc1NC(=O)CSc1ccc(NC(=S)Nc2ccccc2)cc1. The molecule has 0 aliphatic heterocycles. The molecule has 0 radical (unpaired) electrons. The number of carbonyl (C=O) groups is 2. The van der Waals surface area contributed by atoms with E-state index in [1.165, 1.54) is 23.9 Å². The minimum atomic E-state index is -1.03. The van der Waals surface area contributed by atoms with Gasteiger partial charge in [0.25, 0.3) is 0 Å². The molecule has 0 fully saturated rings. The number of thioether (sulfide) groups is 1. The zero-order valence-electron chi connectivity index (χ0n) is 16.7. The van der Waals surface area contributed by atoms with Crippen LogP contribution in [0.4, 0.5) is 17.1 Å². The van der Waals surface area contributed by atoms with Gasteiger partial charge < -0.3 is 21.1 Å². The van der Waals surface area contributed by atoms with Gasteiger partial charge in [-0.05, 0) is 73.2 Å². The van der Waals surface area contributed by atoms with E-state index in [4.69, 9.17) is 17.3 Å². The van der Waals surface area contributed by atoms with Crippen LogP contribution < -0.4 is 16.0 Å². The topological polar surface area (TPSA) is 90.5 Å². The molecule has 0 bridgehead atoms. The first-order valence-corrected chi connectivity index (χ1v) is 10.8. The molecule has 4 N–H and O–H groups in total. The molecule has 8 heteroatoms. The lowest BCUT2D eigenvalue weighted by atomic mass is 10.1. The van der Waals surface area contributed by atoms with Crippen molar-refractivity contribution in [1.82, 2.24) is 0 Å². The van der Waals surface area contributed by atoms with E-state index in [1.54, 1.807) is 6.07 Å². The summed E-state index contributed by atoms with van der Waals surface area (Å²) in [5.41, 5.74) is 3.19. The third-order valence-electron chi connectivity index (χ3n) is 4.27.